The summed E-state index contributed by atoms with van der Waals surface area (Å²) in [5.74, 6) is 0.764. The van der Waals surface area contributed by atoms with Gasteiger partial charge in [0.15, 0.2) is 5.60 Å². The van der Waals surface area contributed by atoms with Crippen LogP contribution in [0.25, 0.3) is 0 Å². The smallest absolute Gasteiger partial charge is 0.270 e. The first-order chi connectivity index (χ1) is 8.95. The monoisotopic (exact) mass is 375 g/mol. The number of methoxy groups -OCH3 is 1. The van der Waals surface area contributed by atoms with Crippen molar-refractivity contribution in [3.63, 3.8) is 0 Å². The zero-order valence-electron chi connectivity index (χ0n) is 11.4. The standard InChI is InChI=1S/C14H18INO3/c1-14(2)13(17)16(7-4-8-18-3)11-9-10(15)5-6-12(11)19-14/h5-6,9H,4,7-8H2,1-3H3. The Hall–Kier alpha value is -0.820. The lowest BCUT2D eigenvalue weighted by Gasteiger charge is -2.38. The number of rotatable bonds is 4. The Balaban J connectivity index is 2.33. The number of fused-ring (bicyclic) bond motifs is 1. The summed E-state index contributed by atoms with van der Waals surface area (Å²) in [6.07, 6.45) is 0.809. The minimum absolute atomic E-state index is 0.00176. The van der Waals surface area contributed by atoms with E-state index >= 15 is 0 Å². The summed E-state index contributed by atoms with van der Waals surface area (Å²) in [5.41, 5.74) is 0.0414. The summed E-state index contributed by atoms with van der Waals surface area (Å²) in [7, 11) is 1.67. The van der Waals surface area contributed by atoms with E-state index in [4.69, 9.17) is 9.47 Å². The van der Waals surface area contributed by atoms with E-state index in [0.29, 0.717) is 13.2 Å². The highest BCUT2D eigenvalue weighted by molar-refractivity contribution is 14.1. The van der Waals surface area contributed by atoms with Crippen LogP contribution in [0.4, 0.5) is 5.69 Å². The van der Waals surface area contributed by atoms with E-state index in [0.717, 1.165) is 21.4 Å². The molecule has 0 saturated heterocycles. The molecule has 1 aliphatic rings. The molecule has 104 valence electrons. The molecule has 2 rings (SSSR count). The van der Waals surface area contributed by atoms with Crippen molar-refractivity contribution in [2.24, 2.45) is 0 Å². The molecule has 1 aromatic carbocycles. The third-order valence-electron chi connectivity index (χ3n) is 3.07. The molecule has 1 aliphatic heterocycles. The normalized spacial score (nSPS) is 17.1. The molecule has 1 aromatic rings. The average Bonchev–Trinajstić information content (AvgIpc) is 2.35. The van der Waals surface area contributed by atoms with Crippen LogP contribution in [0.1, 0.15) is 20.3 Å². The third kappa shape index (κ3) is 3.02. The molecule has 0 spiro atoms. The van der Waals surface area contributed by atoms with Crippen molar-refractivity contribution in [1.29, 1.82) is 0 Å². The number of benzene rings is 1. The fourth-order valence-electron chi connectivity index (χ4n) is 2.13. The Morgan fingerprint density at radius 1 is 1.42 bits per heavy atom. The molecule has 0 radical (unpaired) electrons. The third-order valence-corrected chi connectivity index (χ3v) is 3.74. The number of hydrogen-bond acceptors (Lipinski definition) is 3. The lowest BCUT2D eigenvalue weighted by molar-refractivity contribution is -0.132. The van der Waals surface area contributed by atoms with Crippen LogP contribution in [0, 0.1) is 3.57 Å². The SMILES string of the molecule is COCCCN1C(=O)C(C)(C)Oc2ccc(I)cc21. The first-order valence-corrected chi connectivity index (χ1v) is 7.33. The minimum Gasteiger partial charge on any atom is -0.476 e. The lowest BCUT2D eigenvalue weighted by atomic mass is 10.0. The first kappa shape index (κ1) is 14.6. The number of halogens is 1. The summed E-state index contributed by atoms with van der Waals surface area (Å²) in [4.78, 5) is 14.3. The zero-order valence-corrected chi connectivity index (χ0v) is 13.6. The molecule has 19 heavy (non-hydrogen) atoms. The molecule has 5 heteroatoms. The van der Waals surface area contributed by atoms with Gasteiger partial charge in [-0.05, 0) is 61.1 Å². The number of amides is 1. The fraction of sp³-hybridized carbons (Fsp3) is 0.500. The van der Waals surface area contributed by atoms with Crippen molar-refractivity contribution < 1.29 is 14.3 Å². The Morgan fingerprint density at radius 3 is 2.84 bits per heavy atom. The van der Waals surface area contributed by atoms with E-state index in [1.807, 2.05) is 18.2 Å². The molecule has 1 amide bonds. The van der Waals surface area contributed by atoms with Crippen molar-refractivity contribution >= 4 is 34.2 Å². The summed E-state index contributed by atoms with van der Waals surface area (Å²) in [5, 5.41) is 0. The Morgan fingerprint density at radius 2 is 2.16 bits per heavy atom. The molecule has 0 N–H and O–H groups in total. The van der Waals surface area contributed by atoms with Gasteiger partial charge in [-0.25, -0.2) is 0 Å². The topological polar surface area (TPSA) is 38.8 Å². The molecular weight excluding hydrogens is 357 g/mol. The molecule has 0 fully saturated rings. The Labute approximate surface area is 127 Å². The van der Waals surface area contributed by atoms with Crippen LogP contribution in [0.2, 0.25) is 0 Å². The molecule has 0 atom stereocenters. The molecule has 0 bridgehead atoms. The predicted molar refractivity (Wildman–Crippen MR) is 82.7 cm³/mol. The van der Waals surface area contributed by atoms with Crippen LogP contribution < -0.4 is 9.64 Å². The average molecular weight is 375 g/mol. The number of ether oxygens (including phenoxy) is 2. The minimum atomic E-state index is -0.813. The highest BCUT2D eigenvalue weighted by Crippen LogP contribution is 2.38. The van der Waals surface area contributed by atoms with E-state index in [9.17, 15) is 4.79 Å². The van der Waals surface area contributed by atoms with Gasteiger partial charge in [0.1, 0.15) is 5.75 Å². The molecular formula is C14H18INO3. The van der Waals surface area contributed by atoms with Gasteiger partial charge in [0, 0.05) is 23.8 Å². The maximum Gasteiger partial charge on any atom is 0.270 e. The van der Waals surface area contributed by atoms with Gasteiger partial charge in [-0.2, -0.15) is 0 Å². The van der Waals surface area contributed by atoms with Gasteiger partial charge in [0.2, 0.25) is 0 Å². The molecule has 0 saturated carbocycles. The number of carbonyl (C=O) groups excluding carboxylic acids is 1. The van der Waals surface area contributed by atoms with Crippen LogP contribution in [0.5, 0.6) is 5.75 Å². The van der Waals surface area contributed by atoms with Gasteiger partial charge >= 0.3 is 0 Å². The van der Waals surface area contributed by atoms with Gasteiger partial charge in [-0.3, -0.25) is 4.79 Å². The highest BCUT2D eigenvalue weighted by atomic mass is 127. The molecule has 0 unspecified atom stereocenters. The lowest BCUT2D eigenvalue weighted by Crippen LogP contribution is -2.52. The number of anilines is 1. The Bertz CT molecular complexity index is 488. The summed E-state index contributed by atoms with van der Waals surface area (Å²) in [6, 6.07) is 5.89. The second-order valence-electron chi connectivity index (χ2n) is 5.03. The van der Waals surface area contributed by atoms with E-state index in [-0.39, 0.29) is 5.91 Å². The number of nitrogens with zero attached hydrogens (tertiary/aromatic N) is 1. The fourth-order valence-corrected chi connectivity index (χ4v) is 2.60. The van der Waals surface area contributed by atoms with Gasteiger partial charge in [0.05, 0.1) is 5.69 Å². The van der Waals surface area contributed by atoms with E-state index in [1.165, 1.54) is 0 Å². The van der Waals surface area contributed by atoms with E-state index in [2.05, 4.69) is 22.6 Å². The van der Waals surface area contributed by atoms with Crippen molar-refractivity contribution in [2.75, 3.05) is 25.2 Å². The summed E-state index contributed by atoms with van der Waals surface area (Å²) >= 11 is 2.24. The quantitative estimate of drug-likeness (QED) is 0.600. The van der Waals surface area contributed by atoms with E-state index < -0.39 is 5.60 Å². The second-order valence-corrected chi connectivity index (χ2v) is 6.27. The van der Waals surface area contributed by atoms with Crippen LogP contribution in [-0.2, 0) is 9.53 Å². The van der Waals surface area contributed by atoms with Crippen LogP contribution in [0.3, 0.4) is 0 Å². The van der Waals surface area contributed by atoms with E-state index in [1.54, 1.807) is 25.9 Å². The van der Waals surface area contributed by atoms with Crippen molar-refractivity contribution in [3.8, 4) is 5.75 Å². The largest absolute Gasteiger partial charge is 0.476 e. The molecule has 4 nitrogen and oxygen atoms in total. The zero-order chi connectivity index (χ0) is 14.0. The molecule has 0 aliphatic carbocycles. The van der Waals surface area contributed by atoms with Crippen molar-refractivity contribution in [1.82, 2.24) is 0 Å². The van der Waals surface area contributed by atoms with Gasteiger partial charge in [-0.15, -0.1) is 0 Å². The first-order valence-electron chi connectivity index (χ1n) is 6.25. The summed E-state index contributed by atoms with van der Waals surface area (Å²) < 4.78 is 11.9. The highest BCUT2D eigenvalue weighted by Gasteiger charge is 2.40. The predicted octanol–water partition coefficient (Wildman–Crippen LogP) is 2.83. The number of carbonyl (C=O) groups is 1. The second kappa shape index (κ2) is 5.66. The van der Waals surface area contributed by atoms with Gasteiger partial charge in [-0.1, -0.05) is 0 Å². The number of hydrogen-bond donors (Lipinski definition) is 0. The maximum absolute atomic E-state index is 12.5. The van der Waals surface area contributed by atoms with Crippen molar-refractivity contribution in [3.05, 3.63) is 21.8 Å². The molecule has 1 heterocycles. The maximum atomic E-state index is 12.5. The van der Waals surface area contributed by atoms with Crippen LogP contribution in [0.15, 0.2) is 18.2 Å². The van der Waals surface area contributed by atoms with Crippen molar-refractivity contribution in [2.45, 2.75) is 25.9 Å². The molecule has 0 aromatic heterocycles. The Kier molecular flexibility index (Phi) is 4.35. The van der Waals surface area contributed by atoms with Crippen LogP contribution >= 0.6 is 22.6 Å². The summed E-state index contributed by atoms with van der Waals surface area (Å²) in [6.45, 7) is 4.90. The van der Waals surface area contributed by atoms with Gasteiger partial charge in [0.25, 0.3) is 5.91 Å². The van der Waals surface area contributed by atoms with Gasteiger partial charge < -0.3 is 14.4 Å². The van der Waals surface area contributed by atoms with Crippen LogP contribution in [-0.4, -0.2) is 31.8 Å².